The predicted octanol–water partition coefficient (Wildman–Crippen LogP) is 3.54. The summed E-state index contributed by atoms with van der Waals surface area (Å²) in [6, 6.07) is 8.04. The third-order valence-electron chi connectivity index (χ3n) is 4.65. The molecule has 0 atom stereocenters. The third kappa shape index (κ3) is 4.04. The van der Waals surface area contributed by atoms with Gasteiger partial charge >= 0.3 is 5.69 Å². The van der Waals surface area contributed by atoms with Gasteiger partial charge in [0.25, 0.3) is 0 Å². The zero-order chi connectivity index (χ0) is 17.8. The summed E-state index contributed by atoms with van der Waals surface area (Å²) in [6.07, 6.45) is 3.44. The number of nitrogens with zero attached hydrogens (tertiary/aromatic N) is 4. The number of benzene rings is 1. The summed E-state index contributed by atoms with van der Waals surface area (Å²) in [4.78, 5) is 21.6. The highest BCUT2D eigenvalue weighted by Gasteiger charge is 2.28. The van der Waals surface area contributed by atoms with Crippen LogP contribution in [0.4, 0.5) is 17.3 Å². The Morgan fingerprint density at radius 3 is 2.56 bits per heavy atom. The fraction of sp³-hybridized carbons (Fsp3) is 0.444. The van der Waals surface area contributed by atoms with Gasteiger partial charge in [-0.3, -0.25) is 10.1 Å². The highest BCUT2D eigenvalue weighted by atomic mass is 16.6. The molecule has 1 aliphatic heterocycles. The fourth-order valence-electron chi connectivity index (χ4n) is 3.01. The number of rotatable bonds is 5. The van der Waals surface area contributed by atoms with Gasteiger partial charge in [-0.15, -0.1) is 0 Å². The average molecular weight is 341 g/mol. The van der Waals surface area contributed by atoms with Crippen LogP contribution in [0.1, 0.15) is 30.9 Å². The highest BCUT2D eigenvalue weighted by Crippen LogP contribution is 2.34. The van der Waals surface area contributed by atoms with Gasteiger partial charge in [-0.25, -0.2) is 9.97 Å². The van der Waals surface area contributed by atoms with E-state index in [2.05, 4.69) is 22.2 Å². The maximum atomic E-state index is 11.7. The van der Waals surface area contributed by atoms with E-state index in [1.807, 2.05) is 36.1 Å². The van der Waals surface area contributed by atoms with Crippen molar-refractivity contribution < 1.29 is 4.92 Å². The molecule has 1 aromatic heterocycles. The summed E-state index contributed by atoms with van der Waals surface area (Å²) in [7, 11) is 0. The Labute approximate surface area is 147 Å². The monoisotopic (exact) mass is 341 g/mol. The molecule has 1 N–H and O–H groups in total. The lowest BCUT2D eigenvalue weighted by atomic mass is 9.99. The Bertz CT molecular complexity index is 740. The van der Waals surface area contributed by atoms with Crippen LogP contribution < -0.4 is 10.2 Å². The van der Waals surface area contributed by atoms with E-state index < -0.39 is 0 Å². The number of nitrogens with one attached hydrogen (secondary N) is 1. The van der Waals surface area contributed by atoms with E-state index in [0.29, 0.717) is 18.3 Å². The van der Waals surface area contributed by atoms with E-state index in [0.717, 1.165) is 31.5 Å². The zero-order valence-electron chi connectivity index (χ0n) is 14.6. The number of hydrogen-bond donors (Lipinski definition) is 1. The maximum absolute atomic E-state index is 11.7. The van der Waals surface area contributed by atoms with Crippen molar-refractivity contribution in [2.75, 3.05) is 23.3 Å². The third-order valence-corrected chi connectivity index (χ3v) is 4.65. The van der Waals surface area contributed by atoms with Crippen molar-refractivity contribution in [1.82, 2.24) is 9.97 Å². The standard InChI is InChI=1S/C18H23N5O2/c1-13-3-5-15(6-4-13)11-19-17-16(23(24)25)18(21-12-20-17)22-9-7-14(2)8-10-22/h3-6,12,14H,7-11H2,1-2H3,(H,19,20,21). The smallest absolute Gasteiger partial charge is 0.353 e. The molecular formula is C18H23N5O2. The van der Waals surface area contributed by atoms with E-state index in [9.17, 15) is 10.1 Å². The molecule has 2 heterocycles. The lowest BCUT2D eigenvalue weighted by Gasteiger charge is -2.30. The van der Waals surface area contributed by atoms with Crippen molar-refractivity contribution >= 4 is 17.3 Å². The molecule has 2 aromatic rings. The molecule has 0 spiro atoms. The Kier molecular flexibility index (Phi) is 5.11. The second-order valence-corrected chi connectivity index (χ2v) is 6.66. The zero-order valence-corrected chi connectivity index (χ0v) is 14.6. The normalized spacial score (nSPS) is 15.2. The maximum Gasteiger partial charge on any atom is 0.353 e. The molecule has 1 fully saturated rings. The van der Waals surface area contributed by atoms with E-state index >= 15 is 0 Å². The number of anilines is 2. The Morgan fingerprint density at radius 1 is 1.24 bits per heavy atom. The minimum Gasteiger partial charge on any atom is -0.360 e. The molecule has 0 amide bonds. The molecule has 0 radical (unpaired) electrons. The lowest BCUT2D eigenvalue weighted by molar-refractivity contribution is -0.383. The van der Waals surface area contributed by atoms with Crippen LogP contribution in [0.25, 0.3) is 0 Å². The fourth-order valence-corrected chi connectivity index (χ4v) is 3.01. The van der Waals surface area contributed by atoms with E-state index in [-0.39, 0.29) is 16.4 Å². The Hall–Kier alpha value is -2.70. The Morgan fingerprint density at radius 2 is 1.92 bits per heavy atom. The van der Waals surface area contributed by atoms with Crippen LogP contribution in [0.3, 0.4) is 0 Å². The average Bonchev–Trinajstić information content (AvgIpc) is 2.61. The first-order valence-corrected chi connectivity index (χ1v) is 8.58. The number of piperidine rings is 1. The first-order valence-electron chi connectivity index (χ1n) is 8.58. The summed E-state index contributed by atoms with van der Waals surface area (Å²) in [5.41, 5.74) is 2.19. The van der Waals surface area contributed by atoms with Crippen LogP contribution >= 0.6 is 0 Å². The lowest BCUT2D eigenvalue weighted by Crippen LogP contribution is -2.34. The van der Waals surface area contributed by atoms with Crippen LogP contribution in [-0.4, -0.2) is 28.0 Å². The molecule has 0 saturated carbocycles. The highest BCUT2D eigenvalue weighted by molar-refractivity contribution is 5.70. The van der Waals surface area contributed by atoms with E-state index in [4.69, 9.17) is 0 Å². The van der Waals surface area contributed by atoms with Crippen molar-refractivity contribution in [2.45, 2.75) is 33.2 Å². The van der Waals surface area contributed by atoms with Crippen LogP contribution in [-0.2, 0) is 6.54 Å². The number of hydrogen-bond acceptors (Lipinski definition) is 6. The van der Waals surface area contributed by atoms with E-state index in [1.165, 1.54) is 11.9 Å². The molecular weight excluding hydrogens is 318 g/mol. The van der Waals surface area contributed by atoms with Gasteiger partial charge in [-0.05, 0) is 31.2 Å². The minimum absolute atomic E-state index is 0.0378. The molecule has 7 heteroatoms. The second-order valence-electron chi connectivity index (χ2n) is 6.66. The molecule has 0 aliphatic carbocycles. The molecule has 25 heavy (non-hydrogen) atoms. The summed E-state index contributed by atoms with van der Waals surface area (Å²) < 4.78 is 0. The molecule has 132 valence electrons. The quantitative estimate of drug-likeness (QED) is 0.661. The number of nitro groups is 1. The molecule has 3 rings (SSSR count). The largest absolute Gasteiger partial charge is 0.360 e. The summed E-state index contributed by atoms with van der Waals surface area (Å²) in [6.45, 7) is 6.29. The topological polar surface area (TPSA) is 84.2 Å². The summed E-state index contributed by atoms with van der Waals surface area (Å²) in [5, 5.41) is 14.8. The van der Waals surface area contributed by atoms with Gasteiger partial charge in [0.1, 0.15) is 6.33 Å². The molecule has 0 bridgehead atoms. The van der Waals surface area contributed by atoms with Crippen LogP contribution in [0, 0.1) is 23.0 Å². The van der Waals surface area contributed by atoms with Crippen LogP contribution in [0.5, 0.6) is 0 Å². The molecule has 1 aliphatic rings. The molecule has 1 saturated heterocycles. The van der Waals surface area contributed by atoms with Crippen molar-refractivity contribution in [3.05, 3.63) is 51.8 Å². The van der Waals surface area contributed by atoms with Gasteiger partial charge in [-0.2, -0.15) is 0 Å². The molecule has 7 nitrogen and oxygen atoms in total. The van der Waals surface area contributed by atoms with Crippen LogP contribution in [0.15, 0.2) is 30.6 Å². The summed E-state index contributed by atoms with van der Waals surface area (Å²) in [5.74, 6) is 1.34. The van der Waals surface area contributed by atoms with Gasteiger partial charge in [0.15, 0.2) is 0 Å². The van der Waals surface area contributed by atoms with Crippen molar-refractivity contribution in [2.24, 2.45) is 5.92 Å². The Balaban J connectivity index is 1.82. The van der Waals surface area contributed by atoms with E-state index in [1.54, 1.807) is 0 Å². The van der Waals surface area contributed by atoms with Gasteiger partial charge in [0, 0.05) is 19.6 Å². The van der Waals surface area contributed by atoms with Crippen molar-refractivity contribution in [3.63, 3.8) is 0 Å². The van der Waals surface area contributed by atoms with Gasteiger partial charge in [0.2, 0.25) is 11.6 Å². The minimum atomic E-state index is -0.384. The number of aromatic nitrogens is 2. The predicted molar refractivity (Wildman–Crippen MR) is 97.8 cm³/mol. The molecule has 0 unspecified atom stereocenters. The summed E-state index contributed by atoms with van der Waals surface area (Å²) >= 11 is 0. The number of aryl methyl sites for hydroxylation is 1. The van der Waals surface area contributed by atoms with Crippen LogP contribution in [0.2, 0.25) is 0 Å². The van der Waals surface area contributed by atoms with Gasteiger partial charge in [0.05, 0.1) is 4.92 Å². The van der Waals surface area contributed by atoms with Crippen molar-refractivity contribution in [1.29, 1.82) is 0 Å². The van der Waals surface area contributed by atoms with Gasteiger partial charge in [-0.1, -0.05) is 36.8 Å². The van der Waals surface area contributed by atoms with Crippen molar-refractivity contribution in [3.8, 4) is 0 Å². The first kappa shape index (κ1) is 17.1. The molecule has 1 aromatic carbocycles. The van der Waals surface area contributed by atoms with Gasteiger partial charge < -0.3 is 10.2 Å². The SMILES string of the molecule is Cc1ccc(CNc2ncnc(N3CCC(C)CC3)c2[N+](=O)[O-])cc1. The first-order chi connectivity index (χ1) is 12.0. The second kappa shape index (κ2) is 7.46.